The molecule has 4 heteroatoms. The highest BCUT2D eigenvalue weighted by atomic mass is 15.1. The van der Waals surface area contributed by atoms with E-state index in [1.807, 2.05) is 12.1 Å². The van der Waals surface area contributed by atoms with Gasteiger partial charge in [0.05, 0.1) is 27.5 Å². The molecule has 260 valence electrons. The molecule has 0 N–H and O–H groups in total. The van der Waals surface area contributed by atoms with E-state index in [-0.39, 0.29) is 0 Å². The lowest BCUT2D eigenvalue weighted by atomic mass is 9.65. The molecule has 0 bridgehead atoms. The minimum atomic E-state index is -0.612. The van der Waals surface area contributed by atoms with Crippen LogP contribution < -0.4 is 0 Å². The van der Waals surface area contributed by atoms with Gasteiger partial charge in [-0.1, -0.05) is 170 Å². The zero-order chi connectivity index (χ0) is 36.6. The second kappa shape index (κ2) is 13.6. The van der Waals surface area contributed by atoms with E-state index >= 15 is 0 Å². The fourth-order valence-corrected chi connectivity index (χ4v) is 8.23. The summed E-state index contributed by atoms with van der Waals surface area (Å²) in [4.78, 5) is 10.3. The normalized spacial score (nSPS) is 11.6. The zero-order valence-electron chi connectivity index (χ0n) is 30.1. The summed E-state index contributed by atoms with van der Waals surface area (Å²) >= 11 is 0. The van der Waals surface area contributed by atoms with E-state index in [1.165, 1.54) is 22.3 Å². The number of aromatic nitrogens is 4. The van der Waals surface area contributed by atoms with Crippen LogP contribution in [0, 0.1) is 0 Å². The van der Waals surface area contributed by atoms with Gasteiger partial charge in [0.15, 0.2) is 0 Å². The summed E-state index contributed by atoms with van der Waals surface area (Å²) in [7, 11) is 0. The first-order valence-corrected chi connectivity index (χ1v) is 18.7. The summed E-state index contributed by atoms with van der Waals surface area (Å²) < 4.78 is 4.51. The molecule has 4 nitrogen and oxygen atoms in total. The number of fused-ring (bicyclic) bond motifs is 2. The van der Waals surface area contributed by atoms with Crippen molar-refractivity contribution < 1.29 is 0 Å². The Morgan fingerprint density at radius 1 is 0.291 bits per heavy atom. The van der Waals surface area contributed by atoms with E-state index in [1.54, 1.807) is 0 Å². The third-order valence-electron chi connectivity index (χ3n) is 10.7. The maximum absolute atomic E-state index is 5.16. The van der Waals surface area contributed by atoms with Gasteiger partial charge in [0.1, 0.15) is 11.6 Å². The SMILES string of the molecule is c1ccc(-n2c(-c3ccc(C(c4ccccc4)(c4ccccc4)c4ccc(-c5nc6ccccc6n5-c5ccccc5)cc4)cc3)nc3ccccc32)cc1. The van der Waals surface area contributed by atoms with E-state index in [0.717, 1.165) is 56.2 Å². The Morgan fingerprint density at radius 2 is 0.600 bits per heavy atom. The van der Waals surface area contributed by atoms with Crippen LogP contribution in [0.5, 0.6) is 0 Å². The van der Waals surface area contributed by atoms with Crippen LogP contribution in [-0.2, 0) is 5.41 Å². The Bertz CT molecular complexity index is 2670. The summed E-state index contributed by atoms with van der Waals surface area (Å²) in [5, 5.41) is 0. The van der Waals surface area contributed by atoms with Crippen molar-refractivity contribution in [1.29, 1.82) is 0 Å². The molecule has 0 saturated carbocycles. The van der Waals surface area contributed by atoms with Gasteiger partial charge in [-0.2, -0.15) is 0 Å². The molecule has 0 fully saturated rings. The van der Waals surface area contributed by atoms with E-state index in [4.69, 9.17) is 9.97 Å². The second-order valence-corrected chi connectivity index (χ2v) is 13.8. The van der Waals surface area contributed by atoms with Gasteiger partial charge >= 0.3 is 0 Å². The van der Waals surface area contributed by atoms with Crippen LogP contribution in [0.25, 0.3) is 56.2 Å². The van der Waals surface area contributed by atoms with Gasteiger partial charge in [-0.05, 0) is 70.8 Å². The van der Waals surface area contributed by atoms with Gasteiger partial charge in [0, 0.05) is 22.5 Å². The highest BCUT2D eigenvalue weighted by Gasteiger charge is 2.38. The van der Waals surface area contributed by atoms with Crippen LogP contribution >= 0.6 is 0 Å². The van der Waals surface area contributed by atoms with Crippen molar-refractivity contribution in [3.63, 3.8) is 0 Å². The predicted molar refractivity (Wildman–Crippen MR) is 225 cm³/mol. The van der Waals surface area contributed by atoms with E-state index < -0.39 is 5.41 Å². The highest BCUT2D eigenvalue weighted by molar-refractivity contribution is 5.84. The smallest absolute Gasteiger partial charge is 0.145 e. The van der Waals surface area contributed by atoms with E-state index in [0.29, 0.717) is 0 Å². The van der Waals surface area contributed by atoms with E-state index in [2.05, 4.69) is 215 Å². The number of nitrogens with zero attached hydrogens (tertiary/aromatic N) is 4. The molecule has 0 unspecified atom stereocenters. The topological polar surface area (TPSA) is 35.6 Å². The lowest BCUT2D eigenvalue weighted by Crippen LogP contribution is -2.31. The Morgan fingerprint density at radius 3 is 0.982 bits per heavy atom. The summed E-state index contributed by atoms with van der Waals surface area (Å²) in [5.74, 6) is 1.82. The number of rotatable bonds is 8. The summed E-state index contributed by atoms with van der Waals surface area (Å²) in [5.41, 5.74) is 12.5. The molecule has 0 atom stereocenters. The van der Waals surface area contributed by atoms with Gasteiger partial charge in [-0.15, -0.1) is 0 Å². The van der Waals surface area contributed by atoms with Gasteiger partial charge in [0.2, 0.25) is 0 Å². The Hall–Kier alpha value is -7.30. The van der Waals surface area contributed by atoms with Crippen LogP contribution in [0.2, 0.25) is 0 Å². The standard InChI is InChI=1S/C51H36N4/c1-5-17-39(18-6-1)51(40-19-7-2-8-20-40,41-33-29-37(30-34-41)49-52-45-25-13-15-27-47(45)54(49)43-21-9-3-10-22-43)42-35-31-38(32-36-42)50-53-46-26-14-16-28-48(46)55(50)44-23-11-4-12-24-44/h1-36H. The Labute approximate surface area is 320 Å². The Balaban J connectivity index is 1.15. The largest absolute Gasteiger partial charge is 0.292 e. The molecule has 2 aromatic heterocycles. The first-order chi connectivity index (χ1) is 27.3. The maximum atomic E-state index is 5.16. The van der Waals surface area contributed by atoms with Crippen molar-refractivity contribution in [3.05, 3.63) is 241 Å². The van der Waals surface area contributed by atoms with Crippen molar-refractivity contribution in [1.82, 2.24) is 19.1 Å². The van der Waals surface area contributed by atoms with Crippen LogP contribution in [0.15, 0.2) is 218 Å². The van der Waals surface area contributed by atoms with Gasteiger partial charge in [0.25, 0.3) is 0 Å². The first-order valence-electron chi connectivity index (χ1n) is 18.7. The molecule has 10 rings (SSSR count). The number of benzene rings is 8. The predicted octanol–water partition coefficient (Wildman–Crippen LogP) is 12.1. The molecule has 0 aliphatic heterocycles. The number of hydrogen-bond acceptors (Lipinski definition) is 2. The number of imidazole rings is 2. The third kappa shape index (κ3) is 5.46. The number of para-hydroxylation sites is 6. The molecule has 0 saturated heterocycles. The lowest BCUT2D eigenvalue weighted by molar-refractivity contribution is 0.745. The Kier molecular flexibility index (Phi) is 8.00. The van der Waals surface area contributed by atoms with Crippen molar-refractivity contribution in [2.45, 2.75) is 5.41 Å². The van der Waals surface area contributed by atoms with Crippen molar-refractivity contribution in [3.8, 4) is 34.2 Å². The molecule has 0 aliphatic carbocycles. The average Bonchev–Trinajstić information content (AvgIpc) is 3.86. The molecular weight excluding hydrogens is 669 g/mol. The molecule has 0 radical (unpaired) electrons. The fraction of sp³-hybridized carbons (Fsp3) is 0.0196. The van der Waals surface area contributed by atoms with Crippen molar-refractivity contribution in [2.75, 3.05) is 0 Å². The van der Waals surface area contributed by atoms with E-state index in [9.17, 15) is 0 Å². The summed E-state index contributed by atoms with van der Waals surface area (Å²) in [6, 6.07) is 77.5. The molecule has 8 aromatic carbocycles. The van der Waals surface area contributed by atoms with Crippen LogP contribution in [0.4, 0.5) is 0 Å². The molecule has 55 heavy (non-hydrogen) atoms. The van der Waals surface area contributed by atoms with Crippen molar-refractivity contribution in [2.24, 2.45) is 0 Å². The second-order valence-electron chi connectivity index (χ2n) is 13.8. The maximum Gasteiger partial charge on any atom is 0.145 e. The molecule has 10 aromatic rings. The third-order valence-corrected chi connectivity index (χ3v) is 10.7. The molecule has 0 amide bonds. The van der Waals surface area contributed by atoms with Crippen LogP contribution in [-0.4, -0.2) is 19.1 Å². The first kappa shape index (κ1) is 32.4. The molecule has 2 heterocycles. The summed E-state index contributed by atoms with van der Waals surface area (Å²) in [6.45, 7) is 0. The monoisotopic (exact) mass is 704 g/mol. The molecule has 0 spiro atoms. The zero-order valence-corrected chi connectivity index (χ0v) is 30.1. The molecular formula is C51H36N4. The number of hydrogen-bond donors (Lipinski definition) is 0. The fourth-order valence-electron chi connectivity index (χ4n) is 8.23. The summed E-state index contributed by atoms with van der Waals surface area (Å²) in [6.07, 6.45) is 0. The van der Waals surface area contributed by atoms with Crippen molar-refractivity contribution >= 4 is 22.1 Å². The minimum Gasteiger partial charge on any atom is -0.292 e. The van der Waals surface area contributed by atoms with Gasteiger partial charge in [-0.3, -0.25) is 9.13 Å². The van der Waals surface area contributed by atoms with Gasteiger partial charge < -0.3 is 0 Å². The van der Waals surface area contributed by atoms with Crippen LogP contribution in [0.3, 0.4) is 0 Å². The lowest BCUT2D eigenvalue weighted by Gasteiger charge is -2.37. The highest BCUT2D eigenvalue weighted by Crippen LogP contribution is 2.46. The quantitative estimate of drug-likeness (QED) is 0.148. The average molecular weight is 705 g/mol. The van der Waals surface area contributed by atoms with Gasteiger partial charge in [-0.25, -0.2) is 9.97 Å². The molecule has 0 aliphatic rings. The van der Waals surface area contributed by atoms with Crippen LogP contribution in [0.1, 0.15) is 22.3 Å². The minimum absolute atomic E-state index is 0.612.